The number of aryl methyl sites for hydroxylation is 2. The van der Waals surface area contributed by atoms with Gasteiger partial charge in [0.25, 0.3) is 20.2 Å². The maximum absolute atomic E-state index is 12.4. The summed E-state index contributed by atoms with van der Waals surface area (Å²) in [4.78, 5) is -1.31. The van der Waals surface area contributed by atoms with E-state index in [9.17, 15) is 36.2 Å². The number of nitrogens with zero attached hydrogens (tertiary/aromatic N) is 4. The third-order valence-electron chi connectivity index (χ3n) is 9.05. The Morgan fingerprint density at radius 2 is 0.933 bits per heavy atom. The molecule has 8 N–H and O–H groups in total. The predicted octanol–water partition coefficient (Wildman–Crippen LogP) is 8.99. The second-order valence-electron chi connectivity index (χ2n) is 13.4. The summed E-state index contributed by atoms with van der Waals surface area (Å²) in [6, 6.07) is 18.1. The number of anilines is 2. The summed E-state index contributed by atoms with van der Waals surface area (Å²) in [6.07, 6.45) is 1.26. The van der Waals surface area contributed by atoms with Crippen LogP contribution in [-0.2, 0) is 20.2 Å². The van der Waals surface area contributed by atoms with Crippen LogP contribution in [0.3, 0.4) is 0 Å². The largest absolute Gasteiger partial charge is 0.505 e. The molecule has 0 bridgehead atoms. The number of nitrogens with two attached hydrogens (primary N) is 2. The van der Waals surface area contributed by atoms with E-state index < -0.39 is 52.9 Å². The maximum atomic E-state index is 12.4. The summed E-state index contributed by atoms with van der Waals surface area (Å²) < 4.78 is 81.8. The maximum Gasteiger partial charge on any atom is 0.296 e. The number of fused-ring (bicyclic) bond motifs is 2. The molecule has 6 rings (SSSR count). The van der Waals surface area contributed by atoms with Crippen LogP contribution in [0, 0.1) is 13.8 Å². The second-order valence-corrected chi connectivity index (χ2v) is 16.2. The van der Waals surface area contributed by atoms with Crippen LogP contribution in [0.25, 0.3) is 32.7 Å². The molecule has 0 aromatic heterocycles. The van der Waals surface area contributed by atoms with E-state index in [1.165, 1.54) is 48.5 Å². The first-order valence-corrected chi connectivity index (χ1v) is 20.7. The van der Waals surface area contributed by atoms with Crippen LogP contribution in [0.15, 0.2) is 103 Å². The van der Waals surface area contributed by atoms with Gasteiger partial charge in [-0.05, 0) is 120 Å². The van der Waals surface area contributed by atoms with Crippen molar-refractivity contribution >= 4 is 135 Å². The molecule has 60 heavy (non-hydrogen) atoms. The van der Waals surface area contributed by atoms with Crippen molar-refractivity contribution < 1.29 is 45.6 Å². The van der Waals surface area contributed by atoms with E-state index in [0.717, 1.165) is 0 Å². The SMILES string of the molecule is CCCOc1cc(-c2cc(OCCC)c(N=Nc3c(S(=O)(=O)O)cc4ccc(N)cc4c3O)cc2C)c(C)cc1N=Nc1c(S(=O)(=O)O)cc2ccc(N)cc2c1O.[Na].[Na]. The summed E-state index contributed by atoms with van der Waals surface area (Å²) >= 11 is 0. The van der Waals surface area contributed by atoms with Crippen LogP contribution in [-0.4, -0.2) is 108 Å². The van der Waals surface area contributed by atoms with Gasteiger partial charge in [0.1, 0.15) is 44.0 Å². The fraction of sp³-hybridized carbons (Fsp3) is 0.200. The Bertz CT molecular complexity index is 2720. The number of benzene rings is 6. The minimum absolute atomic E-state index is 0. The van der Waals surface area contributed by atoms with Crippen molar-refractivity contribution in [3.05, 3.63) is 83.9 Å². The van der Waals surface area contributed by atoms with Gasteiger partial charge in [-0.15, -0.1) is 20.5 Å². The zero-order valence-electron chi connectivity index (χ0n) is 33.8. The molecule has 0 saturated heterocycles. The zero-order chi connectivity index (χ0) is 42.1. The second kappa shape index (κ2) is 19.6. The number of azo groups is 2. The molecule has 0 saturated carbocycles. The van der Waals surface area contributed by atoms with Gasteiger partial charge in [-0.2, -0.15) is 16.8 Å². The number of phenols is 2. The van der Waals surface area contributed by atoms with Gasteiger partial charge in [0.05, 0.1) is 13.2 Å². The molecule has 0 fully saturated rings. The van der Waals surface area contributed by atoms with Crippen LogP contribution >= 0.6 is 0 Å². The van der Waals surface area contributed by atoms with Gasteiger partial charge >= 0.3 is 0 Å². The topological polar surface area (TPSA) is 269 Å². The summed E-state index contributed by atoms with van der Waals surface area (Å²) in [5, 5.41) is 40.0. The van der Waals surface area contributed by atoms with Crippen LogP contribution < -0.4 is 20.9 Å². The number of hydrogen-bond donors (Lipinski definition) is 6. The molecule has 6 aromatic carbocycles. The number of phenolic OH excluding ortho intramolecular Hbond substituents is 2. The number of rotatable bonds is 13. The van der Waals surface area contributed by atoms with Gasteiger partial charge in [0, 0.05) is 81.3 Å². The average Bonchev–Trinajstić information content (AvgIpc) is 3.16. The Kier molecular flexibility index (Phi) is 15.8. The molecule has 0 heterocycles. The molecule has 0 spiro atoms. The molecule has 6 aromatic rings. The van der Waals surface area contributed by atoms with Crippen LogP contribution in [0.4, 0.5) is 34.1 Å². The van der Waals surface area contributed by atoms with E-state index in [0.29, 0.717) is 57.2 Å². The molecule has 20 heteroatoms. The van der Waals surface area contributed by atoms with E-state index in [1.807, 2.05) is 27.7 Å². The molecule has 304 valence electrons. The zero-order valence-corrected chi connectivity index (χ0v) is 39.4. The van der Waals surface area contributed by atoms with Gasteiger partial charge < -0.3 is 31.2 Å². The fourth-order valence-corrected chi connectivity index (χ4v) is 7.56. The summed E-state index contributed by atoms with van der Waals surface area (Å²) in [7, 11) is -9.71. The molecule has 0 aliphatic rings. The van der Waals surface area contributed by atoms with E-state index in [-0.39, 0.29) is 106 Å². The Balaban J connectivity index is 0.00000397. The monoisotopic (exact) mass is 874 g/mol. The predicted molar refractivity (Wildman–Crippen MR) is 232 cm³/mol. The average molecular weight is 875 g/mol. The van der Waals surface area contributed by atoms with Gasteiger partial charge in [-0.1, -0.05) is 26.0 Å². The van der Waals surface area contributed by atoms with Crippen molar-refractivity contribution in [3.63, 3.8) is 0 Å². The molecule has 0 unspecified atom stereocenters. The van der Waals surface area contributed by atoms with Gasteiger partial charge in [0.15, 0.2) is 11.5 Å². The Morgan fingerprint density at radius 3 is 1.27 bits per heavy atom. The summed E-state index contributed by atoms with van der Waals surface area (Å²) in [5.74, 6) is -0.553. The number of nitrogen functional groups attached to an aromatic ring is 2. The Hall–Kier alpha value is -4.34. The number of aromatic hydroxyl groups is 2. The van der Waals surface area contributed by atoms with Crippen LogP contribution in [0.2, 0.25) is 0 Å². The quantitative estimate of drug-likeness (QED) is 0.0275. The number of ether oxygens (including phenoxy) is 2. The first-order valence-electron chi connectivity index (χ1n) is 17.8. The van der Waals surface area contributed by atoms with E-state index in [1.54, 1.807) is 24.3 Å². The molecule has 0 aliphatic carbocycles. The molecule has 0 amide bonds. The third kappa shape index (κ3) is 10.4. The first kappa shape index (κ1) is 48.3. The summed E-state index contributed by atoms with van der Waals surface area (Å²) in [5.41, 5.74) is 14.6. The minimum atomic E-state index is -4.86. The third-order valence-corrected chi connectivity index (χ3v) is 10.8. The Morgan fingerprint density at radius 1 is 0.567 bits per heavy atom. The molecular weight excluding hydrogens is 835 g/mol. The van der Waals surface area contributed by atoms with E-state index in [2.05, 4.69) is 20.5 Å². The van der Waals surface area contributed by atoms with E-state index in [4.69, 9.17) is 20.9 Å². The minimum Gasteiger partial charge on any atom is -0.505 e. The van der Waals surface area contributed by atoms with E-state index >= 15 is 0 Å². The van der Waals surface area contributed by atoms with Crippen LogP contribution in [0.1, 0.15) is 37.8 Å². The standard InChI is InChI=1S/C40H40N6O10S2.2Na/c1-5-11-55-33-19-27(21(3)13-31(33)43-45-37-35(57(49,50)51)15-23-7-9-25(41)17-29(23)39(37)47)28-20-34(56-12-6-2)32(14-22(28)4)44-46-38-36(58(52,53)54)16-24-8-10-26(42)18-30(24)40(38)48;;/h7-10,13-20,47-48H,5-6,11-12,41-42H2,1-4H3,(H,49,50,51)(H,52,53,54);;. The Labute approximate surface area is 390 Å². The van der Waals surface area contributed by atoms with Crippen molar-refractivity contribution in [2.24, 2.45) is 20.5 Å². The summed E-state index contributed by atoms with van der Waals surface area (Å²) in [6.45, 7) is 8.01. The number of hydrogen-bond acceptors (Lipinski definition) is 14. The van der Waals surface area contributed by atoms with Gasteiger partial charge in [0.2, 0.25) is 0 Å². The first-order chi connectivity index (χ1) is 27.4. The van der Waals surface area contributed by atoms with Crippen molar-refractivity contribution in [1.29, 1.82) is 0 Å². The van der Waals surface area contributed by atoms with Crippen molar-refractivity contribution in [3.8, 4) is 34.1 Å². The smallest absolute Gasteiger partial charge is 0.296 e. The van der Waals surface area contributed by atoms with Crippen molar-refractivity contribution in [1.82, 2.24) is 0 Å². The molecule has 0 atom stereocenters. The molecule has 16 nitrogen and oxygen atoms in total. The molecule has 2 radical (unpaired) electrons. The van der Waals surface area contributed by atoms with Gasteiger partial charge in [-0.3, -0.25) is 9.11 Å². The van der Waals surface area contributed by atoms with Gasteiger partial charge in [-0.25, -0.2) is 0 Å². The van der Waals surface area contributed by atoms with Crippen molar-refractivity contribution in [2.45, 2.75) is 50.3 Å². The van der Waals surface area contributed by atoms with Crippen LogP contribution in [0.5, 0.6) is 23.0 Å². The normalized spacial score (nSPS) is 11.9. The molecular formula is C40H40N6Na2O10S2. The van der Waals surface area contributed by atoms with Crippen molar-refractivity contribution in [2.75, 3.05) is 24.7 Å². The fourth-order valence-electron chi connectivity index (χ4n) is 6.25. The molecule has 0 aliphatic heterocycles.